The van der Waals surface area contributed by atoms with Crippen molar-refractivity contribution in [3.05, 3.63) is 0 Å². The molecule has 1 unspecified atom stereocenters. The highest BCUT2D eigenvalue weighted by Gasteiger charge is 2.26. The maximum Gasteiger partial charge on any atom is 0.237 e. The van der Waals surface area contributed by atoms with Gasteiger partial charge in [-0.15, -0.1) is 0 Å². The molecule has 112 valence electrons. The van der Waals surface area contributed by atoms with E-state index in [4.69, 9.17) is 0 Å². The second-order valence-corrected chi connectivity index (χ2v) is 6.23. The van der Waals surface area contributed by atoms with Crippen LogP contribution in [0.3, 0.4) is 0 Å². The molecule has 0 spiro atoms. The Balaban J connectivity index is 2.36. The summed E-state index contributed by atoms with van der Waals surface area (Å²) in [7, 11) is 4.12. The van der Waals surface area contributed by atoms with Gasteiger partial charge in [-0.3, -0.25) is 9.69 Å². The maximum absolute atomic E-state index is 12.2. The molecule has 1 amide bonds. The van der Waals surface area contributed by atoms with E-state index in [9.17, 15) is 4.79 Å². The Bertz CT molecular complexity index is 286. The topological polar surface area (TPSA) is 35.6 Å². The Morgan fingerprint density at radius 3 is 2.68 bits per heavy atom. The van der Waals surface area contributed by atoms with E-state index in [1.165, 1.54) is 19.4 Å². The van der Waals surface area contributed by atoms with Crippen LogP contribution in [-0.4, -0.2) is 60.9 Å². The molecule has 2 atom stereocenters. The van der Waals surface area contributed by atoms with Gasteiger partial charge in [0.15, 0.2) is 0 Å². The van der Waals surface area contributed by atoms with Crippen LogP contribution in [0.2, 0.25) is 0 Å². The van der Waals surface area contributed by atoms with Crippen LogP contribution in [0.15, 0.2) is 0 Å². The lowest BCUT2D eigenvalue weighted by Crippen LogP contribution is -2.48. The summed E-state index contributed by atoms with van der Waals surface area (Å²) in [5.41, 5.74) is 0. The molecule has 0 saturated carbocycles. The smallest absolute Gasteiger partial charge is 0.237 e. The molecule has 5 heteroatoms. The van der Waals surface area contributed by atoms with Gasteiger partial charge in [0, 0.05) is 18.5 Å². The quantitative estimate of drug-likeness (QED) is 0.549. The summed E-state index contributed by atoms with van der Waals surface area (Å²) >= 11 is 4.26. The minimum absolute atomic E-state index is 0.0844. The Hall–Kier alpha value is -0.260. The molecule has 4 nitrogen and oxygen atoms in total. The molecule has 19 heavy (non-hydrogen) atoms. The minimum atomic E-state index is -0.0844. The first kappa shape index (κ1) is 16.8. The normalized spacial score (nSPS) is 22.2. The van der Waals surface area contributed by atoms with Crippen LogP contribution < -0.4 is 5.32 Å². The molecule has 0 aliphatic carbocycles. The molecule has 0 radical (unpaired) electrons. The average Bonchev–Trinajstić information content (AvgIpc) is 2.74. The van der Waals surface area contributed by atoms with Crippen LogP contribution in [0.4, 0.5) is 0 Å². The summed E-state index contributed by atoms with van der Waals surface area (Å²) in [4.78, 5) is 16.6. The van der Waals surface area contributed by atoms with Gasteiger partial charge in [0.25, 0.3) is 0 Å². The van der Waals surface area contributed by atoms with Gasteiger partial charge in [-0.25, -0.2) is 0 Å². The van der Waals surface area contributed by atoms with Crippen LogP contribution in [0.1, 0.15) is 33.1 Å². The van der Waals surface area contributed by atoms with Gasteiger partial charge in [-0.1, -0.05) is 13.8 Å². The number of likely N-dealkylation sites (tertiary alicyclic amines) is 1. The van der Waals surface area contributed by atoms with Crippen LogP contribution in [0, 0.1) is 5.92 Å². The predicted molar refractivity (Wildman–Crippen MR) is 83.5 cm³/mol. The van der Waals surface area contributed by atoms with Gasteiger partial charge in [-0.05, 0) is 45.8 Å². The van der Waals surface area contributed by atoms with Crippen molar-refractivity contribution in [1.29, 1.82) is 0 Å². The lowest BCUT2D eigenvalue weighted by Gasteiger charge is -2.29. The van der Waals surface area contributed by atoms with Gasteiger partial charge in [0.2, 0.25) is 5.91 Å². The van der Waals surface area contributed by atoms with Gasteiger partial charge >= 0.3 is 0 Å². The molecule has 0 bridgehead atoms. The number of nitrogens with one attached hydrogen (secondary N) is 1. The number of rotatable bonds is 7. The molecule has 1 saturated heterocycles. The summed E-state index contributed by atoms with van der Waals surface area (Å²) in [6, 6.07) is 0.555. The second kappa shape index (κ2) is 8.12. The molecule has 1 fully saturated rings. The maximum atomic E-state index is 12.2. The highest BCUT2D eigenvalue weighted by atomic mass is 32.1. The van der Waals surface area contributed by atoms with Crippen molar-refractivity contribution >= 4 is 18.5 Å². The molecule has 0 aromatic rings. The summed E-state index contributed by atoms with van der Waals surface area (Å²) in [5.74, 6) is 1.03. The number of amides is 1. The summed E-state index contributed by atoms with van der Waals surface area (Å²) < 4.78 is 0. The zero-order valence-corrected chi connectivity index (χ0v) is 13.6. The SMILES string of the molecule is CC(C)[C@H](C(=O)NCCC1CCCN1C)N(C)CS. The first-order valence-electron chi connectivity index (χ1n) is 7.26. The first-order valence-corrected chi connectivity index (χ1v) is 7.89. The fourth-order valence-electron chi connectivity index (χ4n) is 2.91. The van der Waals surface area contributed by atoms with E-state index in [0.29, 0.717) is 17.8 Å². The van der Waals surface area contributed by atoms with Crippen molar-refractivity contribution in [3.63, 3.8) is 0 Å². The Morgan fingerprint density at radius 2 is 2.21 bits per heavy atom. The minimum Gasteiger partial charge on any atom is -0.355 e. The van der Waals surface area contributed by atoms with E-state index in [0.717, 1.165) is 13.0 Å². The molecule has 1 aliphatic rings. The molecule has 1 N–H and O–H groups in total. The number of carbonyl (C=O) groups is 1. The third-order valence-corrected chi connectivity index (χ3v) is 4.49. The number of likely N-dealkylation sites (N-methyl/N-ethyl adjacent to an activating group) is 1. The van der Waals surface area contributed by atoms with E-state index in [-0.39, 0.29) is 11.9 Å². The molecular weight excluding hydrogens is 258 g/mol. The predicted octanol–water partition coefficient (Wildman–Crippen LogP) is 1.43. The lowest BCUT2D eigenvalue weighted by atomic mass is 10.0. The van der Waals surface area contributed by atoms with Crippen molar-refractivity contribution in [2.45, 2.75) is 45.2 Å². The molecule has 1 heterocycles. The molecule has 1 rings (SSSR count). The fraction of sp³-hybridized carbons (Fsp3) is 0.929. The van der Waals surface area contributed by atoms with Crippen molar-refractivity contribution in [2.75, 3.05) is 33.1 Å². The standard InChI is InChI=1S/C14H29N3OS/c1-11(2)13(17(4)10-19)14(18)15-8-7-12-6-5-9-16(12)3/h11-13,19H,5-10H2,1-4H3,(H,15,18)/t12?,13-/m1/s1. The number of hydrogen-bond donors (Lipinski definition) is 2. The van der Waals surface area contributed by atoms with E-state index in [2.05, 4.69) is 43.7 Å². The van der Waals surface area contributed by atoms with Crippen molar-refractivity contribution in [1.82, 2.24) is 15.1 Å². The van der Waals surface area contributed by atoms with Crippen molar-refractivity contribution < 1.29 is 4.79 Å². The highest BCUT2D eigenvalue weighted by molar-refractivity contribution is 7.80. The molecule has 0 aromatic heterocycles. The molecular formula is C14H29N3OS. The monoisotopic (exact) mass is 287 g/mol. The second-order valence-electron chi connectivity index (χ2n) is 5.94. The first-order chi connectivity index (χ1) is 8.97. The van der Waals surface area contributed by atoms with Crippen LogP contribution in [0.5, 0.6) is 0 Å². The molecule has 1 aliphatic heterocycles. The van der Waals surface area contributed by atoms with E-state index < -0.39 is 0 Å². The van der Waals surface area contributed by atoms with E-state index >= 15 is 0 Å². The number of hydrogen-bond acceptors (Lipinski definition) is 4. The zero-order chi connectivity index (χ0) is 14.4. The van der Waals surface area contributed by atoms with Gasteiger partial charge in [0.05, 0.1) is 6.04 Å². The van der Waals surface area contributed by atoms with Gasteiger partial charge < -0.3 is 10.2 Å². The largest absolute Gasteiger partial charge is 0.355 e. The lowest BCUT2D eigenvalue weighted by molar-refractivity contribution is -0.127. The van der Waals surface area contributed by atoms with E-state index in [1.54, 1.807) is 0 Å². The van der Waals surface area contributed by atoms with Crippen LogP contribution in [0.25, 0.3) is 0 Å². The van der Waals surface area contributed by atoms with Crippen molar-refractivity contribution in [3.8, 4) is 0 Å². The zero-order valence-electron chi connectivity index (χ0n) is 12.7. The Kier molecular flexibility index (Phi) is 7.18. The van der Waals surface area contributed by atoms with Gasteiger partial charge in [-0.2, -0.15) is 12.6 Å². The summed E-state index contributed by atoms with van der Waals surface area (Å²) in [5, 5.41) is 3.09. The fourth-order valence-corrected chi connectivity index (χ4v) is 3.09. The van der Waals surface area contributed by atoms with E-state index in [1.807, 2.05) is 11.9 Å². The Labute approximate surface area is 123 Å². The summed E-state index contributed by atoms with van der Waals surface area (Å²) in [6.07, 6.45) is 3.60. The Morgan fingerprint density at radius 1 is 1.53 bits per heavy atom. The number of carbonyl (C=O) groups excluding carboxylic acids is 1. The summed E-state index contributed by atoms with van der Waals surface area (Å²) in [6.45, 7) is 6.12. The highest BCUT2D eigenvalue weighted by Crippen LogP contribution is 2.17. The molecule has 0 aromatic carbocycles. The third-order valence-electron chi connectivity index (χ3n) is 4.05. The number of thiol groups is 1. The van der Waals surface area contributed by atoms with Gasteiger partial charge in [0.1, 0.15) is 0 Å². The average molecular weight is 287 g/mol. The third kappa shape index (κ3) is 4.97. The van der Waals surface area contributed by atoms with Crippen molar-refractivity contribution in [2.24, 2.45) is 5.92 Å². The van der Waals surface area contributed by atoms with Crippen LogP contribution >= 0.6 is 12.6 Å². The van der Waals surface area contributed by atoms with Crippen LogP contribution in [-0.2, 0) is 4.79 Å². The number of nitrogens with zero attached hydrogens (tertiary/aromatic N) is 2.